The number of nitrogens with two attached hydrogens (primary N) is 1. The summed E-state index contributed by atoms with van der Waals surface area (Å²) in [4.78, 5) is 4.66. The summed E-state index contributed by atoms with van der Waals surface area (Å²) in [6, 6.07) is 3.72. The lowest BCUT2D eigenvalue weighted by Crippen LogP contribution is -2.24. The fourth-order valence-corrected chi connectivity index (χ4v) is 2.69. The predicted molar refractivity (Wildman–Crippen MR) is 96.0 cm³/mol. The molecule has 3 rings (SSSR count). The van der Waals surface area contributed by atoms with Crippen molar-refractivity contribution in [1.29, 1.82) is 0 Å². The molecular weight excluding hydrogens is 322 g/mol. The molecule has 0 fully saturated rings. The van der Waals surface area contributed by atoms with Gasteiger partial charge in [-0.15, -0.1) is 10.2 Å². The van der Waals surface area contributed by atoms with Crippen LogP contribution in [0.25, 0.3) is 16.7 Å². The predicted octanol–water partition coefficient (Wildman–Crippen LogP) is 1.26. The molecule has 3 aromatic rings. The molecule has 2 heterocycles. The number of aromatic nitrogens is 4. The van der Waals surface area contributed by atoms with Crippen molar-refractivity contribution in [2.45, 2.75) is 19.8 Å². The number of aryl methyl sites for hydroxylation is 1. The highest BCUT2D eigenvalue weighted by Crippen LogP contribution is 2.33. The molecule has 0 aliphatic heterocycles. The highest BCUT2D eigenvalue weighted by molar-refractivity contribution is 5.85. The van der Waals surface area contributed by atoms with E-state index in [0.29, 0.717) is 29.5 Å². The molecule has 0 amide bonds. The third-order valence-electron chi connectivity index (χ3n) is 3.95. The molecule has 4 N–H and O–H groups in total. The number of benzene rings is 1. The molecule has 0 atom stereocenters. The summed E-state index contributed by atoms with van der Waals surface area (Å²) in [6.07, 6.45) is 1.94. The zero-order valence-corrected chi connectivity index (χ0v) is 14.7. The molecule has 0 saturated heterocycles. The first kappa shape index (κ1) is 17.2. The number of hydrogen-bond acceptors (Lipinski definition) is 8. The molecule has 134 valence electrons. The van der Waals surface area contributed by atoms with Gasteiger partial charge in [-0.25, -0.2) is 10.4 Å². The lowest BCUT2D eigenvalue weighted by Gasteiger charge is -2.13. The van der Waals surface area contributed by atoms with Crippen molar-refractivity contribution < 1.29 is 9.47 Å². The minimum Gasteiger partial charge on any atom is -0.493 e. The Morgan fingerprint density at radius 3 is 2.60 bits per heavy atom. The van der Waals surface area contributed by atoms with Crippen molar-refractivity contribution in [2.75, 3.05) is 32.7 Å². The van der Waals surface area contributed by atoms with E-state index < -0.39 is 0 Å². The molecule has 0 aliphatic carbocycles. The maximum Gasteiger partial charge on any atom is 0.205 e. The van der Waals surface area contributed by atoms with E-state index in [2.05, 4.69) is 26.0 Å². The fraction of sp³-hybridized carbons (Fsp3) is 0.438. The van der Waals surface area contributed by atoms with Gasteiger partial charge in [0.25, 0.3) is 0 Å². The molecule has 1 aromatic carbocycles. The molecule has 25 heavy (non-hydrogen) atoms. The number of rotatable bonds is 8. The second-order valence-corrected chi connectivity index (χ2v) is 5.61. The van der Waals surface area contributed by atoms with Crippen molar-refractivity contribution in [2.24, 2.45) is 5.73 Å². The summed E-state index contributed by atoms with van der Waals surface area (Å²) in [5.74, 6) is 2.62. The highest BCUT2D eigenvalue weighted by Gasteiger charge is 2.16. The third-order valence-corrected chi connectivity index (χ3v) is 3.95. The van der Waals surface area contributed by atoms with E-state index in [1.165, 1.54) is 0 Å². The Kier molecular flexibility index (Phi) is 5.15. The minimum atomic E-state index is 0.605. The molecule has 9 heteroatoms. The van der Waals surface area contributed by atoms with Crippen LogP contribution < -0.4 is 26.1 Å². The van der Waals surface area contributed by atoms with Crippen molar-refractivity contribution >= 4 is 22.5 Å². The van der Waals surface area contributed by atoms with Gasteiger partial charge >= 0.3 is 0 Å². The van der Waals surface area contributed by atoms with E-state index in [1.807, 2.05) is 23.5 Å². The number of nitrogens with zero attached hydrogens (tertiary/aromatic N) is 4. The van der Waals surface area contributed by atoms with Crippen LogP contribution in [0.3, 0.4) is 0 Å². The second kappa shape index (κ2) is 7.49. The molecular formula is C16H23N7O2. The van der Waals surface area contributed by atoms with Crippen LogP contribution in [0.2, 0.25) is 0 Å². The first-order chi connectivity index (χ1) is 12.2. The van der Waals surface area contributed by atoms with Crippen LogP contribution in [0.5, 0.6) is 11.5 Å². The third kappa shape index (κ3) is 3.28. The number of fused-ring (bicyclic) bond motifs is 3. The smallest absolute Gasteiger partial charge is 0.205 e. The highest BCUT2D eigenvalue weighted by atomic mass is 16.5. The minimum absolute atomic E-state index is 0.605. The number of nitrogens with one attached hydrogen (secondary N) is 2. The number of anilines is 1. The number of unbranched alkanes of at least 4 members (excludes halogenated alkanes) is 1. The van der Waals surface area contributed by atoms with Crippen LogP contribution in [-0.4, -0.2) is 46.9 Å². The zero-order valence-electron chi connectivity index (χ0n) is 14.7. The lowest BCUT2D eigenvalue weighted by molar-refractivity contribution is 0.355. The maximum absolute atomic E-state index is 5.51. The van der Waals surface area contributed by atoms with E-state index in [0.717, 1.165) is 36.2 Å². The van der Waals surface area contributed by atoms with E-state index in [4.69, 9.17) is 15.2 Å². The molecule has 0 aliphatic rings. The van der Waals surface area contributed by atoms with Gasteiger partial charge in [-0.1, -0.05) is 0 Å². The number of hydrogen-bond donors (Lipinski definition) is 3. The van der Waals surface area contributed by atoms with Crippen molar-refractivity contribution in [3.05, 3.63) is 18.0 Å². The Morgan fingerprint density at radius 2 is 1.88 bits per heavy atom. The van der Waals surface area contributed by atoms with Crippen molar-refractivity contribution in [3.8, 4) is 11.5 Å². The van der Waals surface area contributed by atoms with Gasteiger partial charge in [0, 0.05) is 18.7 Å². The van der Waals surface area contributed by atoms with Crippen LogP contribution >= 0.6 is 0 Å². The number of methoxy groups -OCH3 is 2. The first-order valence-corrected chi connectivity index (χ1v) is 8.16. The quantitative estimate of drug-likeness (QED) is 0.413. The van der Waals surface area contributed by atoms with Gasteiger partial charge in [-0.05, 0) is 26.3 Å². The normalized spacial score (nSPS) is 11.2. The Hall–Kier alpha value is -2.65. The van der Waals surface area contributed by atoms with Gasteiger partial charge in [0.2, 0.25) is 5.65 Å². The van der Waals surface area contributed by atoms with E-state index >= 15 is 0 Å². The number of hydrazine groups is 1. The average Bonchev–Trinajstić information content (AvgIpc) is 3.02. The Balaban J connectivity index is 2.04. The largest absolute Gasteiger partial charge is 0.493 e. The number of ether oxygens (including phenoxy) is 2. The molecule has 9 nitrogen and oxygen atoms in total. The topological polar surface area (TPSA) is 112 Å². The van der Waals surface area contributed by atoms with E-state index in [9.17, 15) is 0 Å². The molecule has 0 unspecified atom stereocenters. The van der Waals surface area contributed by atoms with Crippen LogP contribution in [0.15, 0.2) is 12.1 Å². The first-order valence-electron chi connectivity index (χ1n) is 8.16. The SMILES string of the molecule is COc1cc2nc(NNCCCCN)c3nnc(C)n3c2cc1OC. The van der Waals surface area contributed by atoms with Gasteiger partial charge < -0.3 is 20.6 Å². The summed E-state index contributed by atoms with van der Waals surface area (Å²) in [7, 11) is 3.21. The summed E-state index contributed by atoms with van der Waals surface area (Å²) < 4.78 is 12.7. The Bertz CT molecular complexity index is 878. The van der Waals surface area contributed by atoms with Crippen LogP contribution in [0.1, 0.15) is 18.7 Å². The van der Waals surface area contributed by atoms with Gasteiger partial charge in [0.1, 0.15) is 5.82 Å². The molecule has 0 spiro atoms. The molecule has 0 radical (unpaired) electrons. The summed E-state index contributed by atoms with van der Waals surface area (Å²) in [5.41, 5.74) is 14.0. The van der Waals surface area contributed by atoms with Gasteiger partial charge in [0.15, 0.2) is 17.3 Å². The lowest BCUT2D eigenvalue weighted by atomic mass is 10.2. The van der Waals surface area contributed by atoms with Crippen LogP contribution in [0, 0.1) is 6.92 Å². The van der Waals surface area contributed by atoms with Crippen LogP contribution in [-0.2, 0) is 0 Å². The summed E-state index contributed by atoms with van der Waals surface area (Å²) in [5, 5.41) is 8.42. The van der Waals surface area contributed by atoms with Crippen molar-refractivity contribution in [3.63, 3.8) is 0 Å². The van der Waals surface area contributed by atoms with Gasteiger partial charge in [0.05, 0.1) is 25.3 Å². The second-order valence-electron chi connectivity index (χ2n) is 5.61. The zero-order chi connectivity index (χ0) is 17.8. The molecule has 0 bridgehead atoms. The van der Waals surface area contributed by atoms with Crippen molar-refractivity contribution in [1.82, 2.24) is 25.0 Å². The molecule has 0 saturated carbocycles. The monoisotopic (exact) mass is 345 g/mol. The van der Waals surface area contributed by atoms with Crippen LogP contribution in [0.4, 0.5) is 5.82 Å². The maximum atomic E-state index is 5.51. The van der Waals surface area contributed by atoms with E-state index in [1.54, 1.807) is 14.2 Å². The standard InChI is InChI=1S/C16H23N7O2/c1-10-20-22-16-15(21-18-7-5-4-6-17)19-11-8-13(24-2)14(25-3)9-12(11)23(10)16/h8-9,18H,4-7,17H2,1-3H3,(H,19,21). The average molecular weight is 345 g/mol. The summed E-state index contributed by atoms with van der Waals surface area (Å²) >= 11 is 0. The Labute approximate surface area is 145 Å². The van der Waals surface area contributed by atoms with Gasteiger partial charge in [-0.2, -0.15) is 0 Å². The Morgan fingerprint density at radius 1 is 1.12 bits per heavy atom. The fourth-order valence-electron chi connectivity index (χ4n) is 2.69. The molecule has 2 aromatic heterocycles. The van der Waals surface area contributed by atoms with E-state index in [-0.39, 0.29) is 0 Å². The summed E-state index contributed by atoms with van der Waals surface area (Å²) in [6.45, 7) is 3.36. The van der Waals surface area contributed by atoms with Gasteiger partial charge in [-0.3, -0.25) is 4.40 Å².